The first-order valence-corrected chi connectivity index (χ1v) is 4.24. The van der Waals surface area contributed by atoms with Crippen molar-refractivity contribution < 1.29 is 0 Å². The Hall–Kier alpha value is -1.51. The van der Waals surface area contributed by atoms with Crippen molar-refractivity contribution in [2.75, 3.05) is 5.73 Å². The van der Waals surface area contributed by atoms with Gasteiger partial charge in [0.25, 0.3) is 5.56 Å². The normalized spacial score (nSPS) is 12.4. The van der Waals surface area contributed by atoms with Crippen LogP contribution in [0, 0.1) is 0 Å². The van der Waals surface area contributed by atoms with Gasteiger partial charge in [0.2, 0.25) is 0 Å². The van der Waals surface area contributed by atoms with Gasteiger partial charge >= 0.3 is 0 Å². The maximum Gasteiger partial charge on any atom is 0.273 e. The Morgan fingerprint density at radius 2 is 2.46 bits per heavy atom. The molecule has 1 rings (SSSR count). The second-order valence-corrected chi connectivity index (χ2v) is 3.05. The van der Waals surface area contributed by atoms with Crippen LogP contribution in [0.25, 0.3) is 0 Å². The molecular formula is C10H14N2O. The minimum atomic E-state index is -0.128. The van der Waals surface area contributed by atoms with E-state index in [1.54, 1.807) is 29.0 Å². The Morgan fingerprint density at radius 3 is 3.08 bits per heavy atom. The van der Waals surface area contributed by atoms with Crippen LogP contribution >= 0.6 is 0 Å². The average Bonchev–Trinajstić information content (AvgIpc) is 2.10. The first kappa shape index (κ1) is 9.58. The topological polar surface area (TPSA) is 48.0 Å². The molecule has 3 nitrogen and oxygen atoms in total. The lowest BCUT2D eigenvalue weighted by Crippen LogP contribution is -2.24. The van der Waals surface area contributed by atoms with Crippen LogP contribution in [0.4, 0.5) is 5.69 Å². The van der Waals surface area contributed by atoms with Crippen LogP contribution in [0.5, 0.6) is 0 Å². The molecular weight excluding hydrogens is 164 g/mol. The zero-order valence-corrected chi connectivity index (χ0v) is 7.73. The Labute approximate surface area is 77.5 Å². The lowest BCUT2D eigenvalue weighted by Gasteiger charge is -2.12. The third-order valence-corrected chi connectivity index (χ3v) is 1.99. The van der Waals surface area contributed by atoms with Gasteiger partial charge in [-0.1, -0.05) is 6.08 Å². The number of nitrogen functional groups attached to an aromatic ring is 1. The number of allylic oxidation sites excluding steroid dienone is 1. The number of hydrogen-bond donors (Lipinski definition) is 1. The van der Waals surface area contributed by atoms with E-state index < -0.39 is 0 Å². The van der Waals surface area contributed by atoms with Crippen LogP contribution in [0.15, 0.2) is 35.8 Å². The number of nitrogens with two attached hydrogens (primary N) is 1. The van der Waals surface area contributed by atoms with E-state index in [0.29, 0.717) is 5.69 Å². The molecule has 0 aliphatic rings. The first-order valence-electron chi connectivity index (χ1n) is 4.24. The number of aromatic nitrogens is 1. The van der Waals surface area contributed by atoms with E-state index in [0.717, 1.165) is 6.42 Å². The van der Waals surface area contributed by atoms with Gasteiger partial charge in [-0.3, -0.25) is 4.79 Å². The highest BCUT2D eigenvalue weighted by molar-refractivity contribution is 5.33. The second kappa shape index (κ2) is 3.94. The number of pyridine rings is 1. The molecule has 0 amide bonds. The van der Waals surface area contributed by atoms with Crippen molar-refractivity contribution in [1.29, 1.82) is 0 Å². The summed E-state index contributed by atoms with van der Waals surface area (Å²) < 4.78 is 1.62. The average molecular weight is 178 g/mol. The molecule has 3 heteroatoms. The van der Waals surface area contributed by atoms with Crippen LogP contribution < -0.4 is 11.3 Å². The molecule has 70 valence electrons. The molecule has 0 spiro atoms. The monoisotopic (exact) mass is 178 g/mol. The van der Waals surface area contributed by atoms with Crippen LogP contribution in [0.1, 0.15) is 19.4 Å². The van der Waals surface area contributed by atoms with Crippen molar-refractivity contribution in [2.45, 2.75) is 19.4 Å². The summed E-state index contributed by atoms with van der Waals surface area (Å²) >= 11 is 0. The minimum absolute atomic E-state index is 0.119. The van der Waals surface area contributed by atoms with Gasteiger partial charge in [-0.15, -0.1) is 6.58 Å². The third kappa shape index (κ3) is 1.99. The van der Waals surface area contributed by atoms with Gasteiger partial charge in [0.1, 0.15) is 0 Å². The van der Waals surface area contributed by atoms with Crippen LogP contribution in [0.2, 0.25) is 0 Å². The second-order valence-electron chi connectivity index (χ2n) is 3.05. The van der Waals surface area contributed by atoms with Crippen LogP contribution in [-0.4, -0.2) is 4.57 Å². The zero-order chi connectivity index (χ0) is 9.84. The van der Waals surface area contributed by atoms with Gasteiger partial charge in [0.05, 0.1) is 5.69 Å². The van der Waals surface area contributed by atoms with E-state index in [1.807, 2.05) is 6.92 Å². The number of hydrogen-bond acceptors (Lipinski definition) is 2. The molecule has 1 unspecified atom stereocenters. The fourth-order valence-corrected chi connectivity index (χ4v) is 1.23. The van der Waals surface area contributed by atoms with Crippen LogP contribution in [0.3, 0.4) is 0 Å². The lowest BCUT2D eigenvalue weighted by molar-refractivity contribution is 0.538. The molecule has 0 saturated heterocycles. The molecule has 13 heavy (non-hydrogen) atoms. The van der Waals surface area contributed by atoms with E-state index in [1.165, 1.54) is 0 Å². The van der Waals surface area contributed by atoms with Crippen molar-refractivity contribution in [3.63, 3.8) is 0 Å². The molecule has 0 aliphatic carbocycles. The zero-order valence-electron chi connectivity index (χ0n) is 7.73. The molecule has 0 aromatic carbocycles. The molecule has 0 aliphatic heterocycles. The summed E-state index contributed by atoms with van der Waals surface area (Å²) in [5.74, 6) is 0. The van der Waals surface area contributed by atoms with Gasteiger partial charge in [0, 0.05) is 12.2 Å². The predicted octanol–water partition coefficient (Wildman–Crippen LogP) is 1.57. The lowest BCUT2D eigenvalue weighted by atomic mass is 10.2. The van der Waals surface area contributed by atoms with Crippen molar-refractivity contribution in [3.05, 3.63) is 41.3 Å². The van der Waals surface area contributed by atoms with Gasteiger partial charge in [-0.05, 0) is 25.5 Å². The van der Waals surface area contributed by atoms with Gasteiger partial charge in [-0.2, -0.15) is 0 Å². The maximum absolute atomic E-state index is 11.5. The maximum atomic E-state index is 11.5. The van der Waals surface area contributed by atoms with Crippen molar-refractivity contribution in [3.8, 4) is 0 Å². The van der Waals surface area contributed by atoms with Gasteiger partial charge in [0.15, 0.2) is 0 Å². The Kier molecular flexibility index (Phi) is 2.90. The highest BCUT2D eigenvalue weighted by Gasteiger charge is 2.05. The molecule has 1 aromatic heterocycles. The summed E-state index contributed by atoms with van der Waals surface area (Å²) in [5, 5.41) is 0. The van der Waals surface area contributed by atoms with Gasteiger partial charge in [-0.25, -0.2) is 0 Å². The Bertz CT molecular complexity index is 354. The number of anilines is 1. The fraction of sp³-hybridized carbons (Fsp3) is 0.300. The fourth-order valence-electron chi connectivity index (χ4n) is 1.23. The molecule has 1 atom stereocenters. The van der Waals surface area contributed by atoms with Crippen molar-refractivity contribution in [1.82, 2.24) is 4.57 Å². The van der Waals surface area contributed by atoms with E-state index in [-0.39, 0.29) is 11.6 Å². The molecule has 1 aromatic rings. The number of rotatable bonds is 3. The Balaban J connectivity index is 3.07. The van der Waals surface area contributed by atoms with Gasteiger partial charge < -0.3 is 10.3 Å². The molecule has 0 bridgehead atoms. The SMILES string of the molecule is C=CCC(C)n1cccc(N)c1=O. The molecule has 2 N–H and O–H groups in total. The highest BCUT2D eigenvalue weighted by atomic mass is 16.1. The van der Waals surface area contributed by atoms with E-state index in [4.69, 9.17) is 5.73 Å². The smallest absolute Gasteiger partial charge is 0.273 e. The molecule has 0 saturated carbocycles. The van der Waals surface area contributed by atoms with E-state index in [9.17, 15) is 4.79 Å². The highest BCUT2D eigenvalue weighted by Crippen LogP contribution is 2.08. The minimum Gasteiger partial charge on any atom is -0.394 e. The van der Waals surface area contributed by atoms with Crippen LogP contribution in [-0.2, 0) is 0 Å². The Morgan fingerprint density at radius 1 is 1.77 bits per heavy atom. The van der Waals surface area contributed by atoms with E-state index in [2.05, 4.69) is 6.58 Å². The summed E-state index contributed by atoms with van der Waals surface area (Å²) in [4.78, 5) is 11.5. The molecule has 1 heterocycles. The quantitative estimate of drug-likeness (QED) is 0.714. The molecule has 0 fully saturated rings. The summed E-state index contributed by atoms with van der Waals surface area (Å²) in [6, 6.07) is 3.50. The summed E-state index contributed by atoms with van der Waals surface area (Å²) in [6.45, 7) is 5.59. The summed E-state index contributed by atoms with van der Waals surface area (Å²) in [7, 11) is 0. The first-order chi connectivity index (χ1) is 6.16. The summed E-state index contributed by atoms with van der Waals surface area (Å²) in [5.41, 5.74) is 5.66. The van der Waals surface area contributed by atoms with E-state index >= 15 is 0 Å². The summed E-state index contributed by atoms with van der Waals surface area (Å²) in [6.07, 6.45) is 4.30. The third-order valence-electron chi connectivity index (χ3n) is 1.99. The van der Waals surface area contributed by atoms with Crippen molar-refractivity contribution in [2.24, 2.45) is 0 Å². The largest absolute Gasteiger partial charge is 0.394 e. The standard InChI is InChI=1S/C10H14N2O/c1-3-5-8(2)12-7-4-6-9(11)10(12)13/h3-4,6-8H,1,5,11H2,2H3. The van der Waals surface area contributed by atoms with Crippen molar-refractivity contribution >= 4 is 5.69 Å². The number of nitrogens with zero attached hydrogens (tertiary/aromatic N) is 1. The molecule has 0 radical (unpaired) electrons. The predicted molar refractivity (Wildman–Crippen MR) is 54.6 cm³/mol.